The van der Waals surface area contributed by atoms with Gasteiger partial charge in [0.25, 0.3) is 0 Å². The number of likely N-dealkylation sites (N-methyl/N-ethyl adjacent to an activating group) is 1. The molecule has 0 unspecified atom stereocenters. The molecule has 0 spiro atoms. The molecule has 122 valence electrons. The van der Waals surface area contributed by atoms with Crippen LogP contribution in [0.15, 0.2) is 16.6 Å². The van der Waals surface area contributed by atoms with Crippen molar-refractivity contribution < 1.29 is 4.74 Å². The van der Waals surface area contributed by atoms with Crippen molar-refractivity contribution in [3.05, 3.63) is 27.7 Å². The van der Waals surface area contributed by atoms with Gasteiger partial charge in [0.05, 0.1) is 11.6 Å². The van der Waals surface area contributed by atoms with Gasteiger partial charge in [0, 0.05) is 11.5 Å². The maximum atomic E-state index is 5.59. The Labute approximate surface area is 152 Å². The van der Waals surface area contributed by atoms with Crippen LogP contribution in [0.2, 0.25) is 0 Å². The summed E-state index contributed by atoms with van der Waals surface area (Å²) in [5.74, 6) is 1.85. The number of hydrogen-bond donors (Lipinski definition) is 0. The molecular weight excluding hydrogens is 406 g/mol. The molecule has 0 N–H and O–H groups in total. The fourth-order valence-corrected chi connectivity index (χ4v) is 5.91. The first-order valence-electron chi connectivity index (χ1n) is 8.23. The van der Waals surface area contributed by atoms with E-state index in [1.165, 1.54) is 45.1 Å². The molecule has 4 rings (SSSR count). The lowest BCUT2D eigenvalue weighted by Gasteiger charge is -2.58. The quantitative estimate of drug-likeness (QED) is 0.638. The van der Waals surface area contributed by atoms with Crippen molar-refractivity contribution in [3.63, 3.8) is 0 Å². The standard InChI is InChI=1S/C18H24BrNO.BrH/c1-20-8-7-18-6-4-3-5-13(18)16(20)10-12-9-15(19)17(21-2)11-14(12)18;/h9,11,13,16H,3-8,10H2,1-2H3;1H/t13-,16-,18+;/m1./s1. The zero-order valence-corrected chi connectivity index (χ0v) is 16.7. The number of piperidine rings is 1. The number of halogens is 2. The number of ether oxygens (including phenoxy) is 1. The predicted octanol–water partition coefficient (Wildman–Crippen LogP) is 4.72. The van der Waals surface area contributed by atoms with E-state index in [9.17, 15) is 0 Å². The lowest BCUT2D eigenvalue weighted by molar-refractivity contribution is 0.00271. The molecule has 2 aliphatic carbocycles. The fraction of sp³-hybridized carbons (Fsp3) is 0.667. The van der Waals surface area contributed by atoms with E-state index in [0.717, 1.165) is 22.2 Å². The van der Waals surface area contributed by atoms with Gasteiger partial charge >= 0.3 is 0 Å². The first kappa shape index (κ1) is 16.8. The van der Waals surface area contributed by atoms with Gasteiger partial charge in [-0.25, -0.2) is 0 Å². The molecule has 2 nitrogen and oxygen atoms in total. The van der Waals surface area contributed by atoms with Crippen LogP contribution in [-0.2, 0) is 11.8 Å². The van der Waals surface area contributed by atoms with Gasteiger partial charge in [-0.1, -0.05) is 12.8 Å². The largest absolute Gasteiger partial charge is 0.496 e. The van der Waals surface area contributed by atoms with E-state index in [1.807, 2.05) is 0 Å². The number of likely N-dealkylation sites (tertiary alicyclic amines) is 1. The minimum atomic E-state index is 0. The van der Waals surface area contributed by atoms with Gasteiger partial charge in [-0.05, 0) is 84.4 Å². The van der Waals surface area contributed by atoms with Crippen molar-refractivity contribution in [1.29, 1.82) is 0 Å². The molecule has 0 radical (unpaired) electrons. The summed E-state index contributed by atoms with van der Waals surface area (Å²) in [7, 11) is 4.11. The molecule has 1 heterocycles. The van der Waals surface area contributed by atoms with E-state index in [4.69, 9.17) is 4.74 Å². The summed E-state index contributed by atoms with van der Waals surface area (Å²) < 4.78 is 6.70. The van der Waals surface area contributed by atoms with E-state index in [1.54, 1.807) is 18.2 Å². The summed E-state index contributed by atoms with van der Waals surface area (Å²) in [5, 5.41) is 0. The molecule has 0 aromatic heterocycles. The van der Waals surface area contributed by atoms with Crippen LogP contribution >= 0.6 is 32.9 Å². The smallest absolute Gasteiger partial charge is 0.133 e. The molecule has 1 saturated heterocycles. The van der Waals surface area contributed by atoms with Crippen LogP contribution < -0.4 is 4.74 Å². The first-order valence-corrected chi connectivity index (χ1v) is 9.02. The van der Waals surface area contributed by atoms with Crippen molar-refractivity contribution in [3.8, 4) is 5.75 Å². The van der Waals surface area contributed by atoms with Crippen LogP contribution in [0.3, 0.4) is 0 Å². The van der Waals surface area contributed by atoms with Crippen LogP contribution in [0.4, 0.5) is 0 Å². The normalized spacial score (nSPS) is 33.4. The number of benzene rings is 1. The molecule has 4 heteroatoms. The van der Waals surface area contributed by atoms with Crippen molar-refractivity contribution in [2.45, 2.75) is 50.0 Å². The van der Waals surface area contributed by atoms with Crippen LogP contribution in [0, 0.1) is 5.92 Å². The summed E-state index contributed by atoms with van der Waals surface area (Å²) >= 11 is 3.68. The summed E-state index contributed by atoms with van der Waals surface area (Å²) in [6.07, 6.45) is 8.13. The number of fused-ring (bicyclic) bond motifs is 1. The van der Waals surface area contributed by atoms with E-state index in [-0.39, 0.29) is 17.0 Å². The minimum Gasteiger partial charge on any atom is -0.496 e. The van der Waals surface area contributed by atoms with Gasteiger partial charge in [0.1, 0.15) is 5.75 Å². The Kier molecular flexibility index (Phi) is 4.66. The molecule has 1 aromatic rings. The third kappa shape index (κ3) is 2.29. The average Bonchev–Trinajstić information content (AvgIpc) is 2.50. The molecule has 2 fully saturated rings. The molecule has 2 bridgehead atoms. The first-order chi connectivity index (χ1) is 10.2. The fourth-order valence-electron chi connectivity index (χ4n) is 5.36. The Hall–Kier alpha value is -0.0600. The Morgan fingerprint density at radius 1 is 1.27 bits per heavy atom. The third-order valence-electron chi connectivity index (χ3n) is 6.38. The number of hydrogen-bond acceptors (Lipinski definition) is 2. The Balaban J connectivity index is 0.00000144. The maximum absolute atomic E-state index is 5.59. The van der Waals surface area contributed by atoms with Gasteiger partial charge in [0.15, 0.2) is 0 Å². The van der Waals surface area contributed by atoms with Gasteiger partial charge < -0.3 is 9.64 Å². The summed E-state index contributed by atoms with van der Waals surface area (Å²) in [6, 6.07) is 5.42. The molecule has 1 saturated carbocycles. The molecule has 3 aliphatic rings. The summed E-state index contributed by atoms with van der Waals surface area (Å²) in [5.41, 5.74) is 3.59. The van der Waals surface area contributed by atoms with Crippen LogP contribution in [0.1, 0.15) is 43.2 Å². The monoisotopic (exact) mass is 429 g/mol. The second-order valence-electron chi connectivity index (χ2n) is 7.15. The van der Waals surface area contributed by atoms with Crippen molar-refractivity contribution in [2.75, 3.05) is 20.7 Å². The average molecular weight is 431 g/mol. The zero-order valence-electron chi connectivity index (χ0n) is 13.4. The van der Waals surface area contributed by atoms with Crippen LogP contribution in [-0.4, -0.2) is 31.6 Å². The molecule has 22 heavy (non-hydrogen) atoms. The predicted molar refractivity (Wildman–Crippen MR) is 99.4 cm³/mol. The highest BCUT2D eigenvalue weighted by Crippen LogP contribution is 2.56. The number of methoxy groups -OCH3 is 1. The highest BCUT2D eigenvalue weighted by molar-refractivity contribution is 9.10. The molecule has 1 aromatic carbocycles. The van der Waals surface area contributed by atoms with Crippen molar-refractivity contribution >= 4 is 32.9 Å². The Bertz CT molecular complexity index is 576. The van der Waals surface area contributed by atoms with E-state index in [0.29, 0.717) is 5.41 Å². The highest BCUT2D eigenvalue weighted by Gasteiger charge is 2.53. The van der Waals surface area contributed by atoms with E-state index < -0.39 is 0 Å². The molecular formula is C18H25Br2NO. The highest BCUT2D eigenvalue weighted by atomic mass is 79.9. The Morgan fingerprint density at radius 3 is 2.86 bits per heavy atom. The lowest BCUT2D eigenvalue weighted by atomic mass is 9.52. The number of nitrogens with zero attached hydrogens (tertiary/aromatic N) is 1. The topological polar surface area (TPSA) is 12.5 Å². The van der Waals surface area contributed by atoms with Gasteiger partial charge in [-0.2, -0.15) is 0 Å². The van der Waals surface area contributed by atoms with E-state index in [2.05, 4.69) is 40.0 Å². The summed E-state index contributed by atoms with van der Waals surface area (Å²) in [6.45, 7) is 1.25. The maximum Gasteiger partial charge on any atom is 0.133 e. The second-order valence-corrected chi connectivity index (χ2v) is 8.01. The van der Waals surface area contributed by atoms with Crippen molar-refractivity contribution in [2.24, 2.45) is 5.92 Å². The minimum absolute atomic E-state index is 0. The third-order valence-corrected chi connectivity index (χ3v) is 7.00. The lowest BCUT2D eigenvalue weighted by Crippen LogP contribution is -2.59. The number of rotatable bonds is 1. The second kappa shape index (κ2) is 6.10. The molecule has 0 amide bonds. The van der Waals surface area contributed by atoms with Gasteiger partial charge in [-0.3, -0.25) is 0 Å². The van der Waals surface area contributed by atoms with Crippen LogP contribution in [0.5, 0.6) is 5.75 Å². The molecule has 3 atom stereocenters. The Morgan fingerprint density at radius 2 is 2.09 bits per heavy atom. The molecule has 1 aliphatic heterocycles. The SMILES string of the molecule is Br.COc1cc2c(cc1Br)C[C@@H]1[C@H]3CCCC[C@@]23CCN1C. The van der Waals surface area contributed by atoms with Crippen LogP contribution in [0.25, 0.3) is 0 Å². The summed E-state index contributed by atoms with van der Waals surface area (Å²) in [4.78, 5) is 2.62. The zero-order chi connectivity index (χ0) is 14.6. The van der Waals surface area contributed by atoms with Gasteiger partial charge in [0.2, 0.25) is 0 Å². The van der Waals surface area contributed by atoms with E-state index >= 15 is 0 Å². The van der Waals surface area contributed by atoms with Gasteiger partial charge in [-0.15, -0.1) is 17.0 Å². The van der Waals surface area contributed by atoms with Crippen molar-refractivity contribution in [1.82, 2.24) is 4.90 Å².